The first-order chi connectivity index (χ1) is 6.76. The van der Waals surface area contributed by atoms with Crippen molar-refractivity contribution in [2.75, 3.05) is 0 Å². The van der Waals surface area contributed by atoms with Gasteiger partial charge in [0.15, 0.2) is 0 Å². The Morgan fingerprint density at radius 2 is 1.80 bits per heavy atom. The Kier molecular flexibility index (Phi) is 5.73. The number of carbonyl (C=O) groups is 2. The quantitative estimate of drug-likeness (QED) is 0.735. The molecular formula is C12H23NO2. The molecule has 0 aromatic heterocycles. The average Bonchev–Trinajstić information content (AvgIpc) is 2.09. The van der Waals surface area contributed by atoms with Gasteiger partial charge in [-0.15, -0.1) is 0 Å². The van der Waals surface area contributed by atoms with Gasteiger partial charge in [-0.05, 0) is 34.1 Å². The summed E-state index contributed by atoms with van der Waals surface area (Å²) in [6, 6.07) is -0.194. The maximum atomic E-state index is 11.3. The first kappa shape index (κ1) is 14.3. The molecule has 0 aromatic carbocycles. The van der Waals surface area contributed by atoms with Crippen molar-refractivity contribution in [1.82, 2.24) is 5.32 Å². The monoisotopic (exact) mass is 213 g/mol. The lowest BCUT2D eigenvalue weighted by Crippen LogP contribution is -2.47. The minimum atomic E-state index is -0.194. The molecule has 0 saturated carbocycles. The standard InChI is InChI=1S/C12H23NO2/c1-6-10(15)7-8-11(9(2)14)13-12(3,4)5/h11,13H,6-8H2,1-5H3. The Hall–Kier alpha value is -0.700. The maximum Gasteiger partial charge on any atom is 0.146 e. The fraction of sp³-hybridized carbons (Fsp3) is 0.833. The second kappa shape index (κ2) is 6.01. The molecule has 1 atom stereocenters. The molecule has 1 N–H and O–H groups in total. The van der Waals surface area contributed by atoms with Gasteiger partial charge in [0, 0.05) is 18.4 Å². The van der Waals surface area contributed by atoms with Gasteiger partial charge < -0.3 is 5.32 Å². The average molecular weight is 213 g/mol. The van der Waals surface area contributed by atoms with Gasteiger partial charge in [-0.25, -0.2) is 0 Å². The third-order valence-corrected chi connectivity index (χ3v) is 2.20. The fourth-order valence-electron chi connectivity index (χ4n) is 1.38. The van der Waals surface area contributed by atoms with E-state index in [1.165, 1.54) is 0 Å². The molecule has 0 aliphatic carbocycles. The van der Waals surface area contributed by atoms with Crippen molar-refractivity contribution in [2.24, 2.45) is 0 Å². The van der Waals surface area contributed by atoms with Crippen LogP contribution in [0.1, 0.15) is 53.9 Å². The SMILES string of the molecule is CCC(=O)CCC(NC(C)(C)C)C(C)=O. The minimum Gasteiger partial charge on any atom is -0.303 e. The lowest BCUT2D eigenvalue weighted by molar-refractivity contribution is -0.120. The molecule has 0 rings (SSSR count). The van der Waals surface area contributed by atoms with Crippen molar-refractivity contribution in [3.05, 3.63) is 0 Å². The third-order valence-electron chi connectivity index (χ3n) is 2.20. The number of rotatable bonds is 6. The summed E-state index contributed by atoms with van der Waals surface area (Å²) in [6.45, 7) is 9.47. The highest BCUT2D eigenvalue weighted by Gasteiger charge is 2.21. The summed E-state index contributed by atoms with van der Waals surface area (Å²) < 4.78 is 0. The van der Waals surface area contributed by atoms with Crippen LogP contribution in [0.4, 0.5) is 0 Å². The summed E-state index contributed by atoms with van der Waals surface area (Å²) in [6.07, 6.45) is 1.66. The Bertz CT molecular complexity index is 228. The van der Waals surface area contributed by atoms with Gasteiger partial charge in [-0.1, -0.05) is 6.92 Å². The number of ketones is 2. The van der Waals surface area contributed by atoms with Gasteiger partial charge in [-0.3, -0.25) is 9.59 Å². The molecule has 0 fully saturated rings. The van der Waals surface area contributed by atoms with E-state index in [-0.39, 0.29) is 23.1 Å². The van der Waals surface area contributed by atoms with Crippen LogP contribution in [0, 0.1) is 0 Å². The molecule has 0 radical (unpaired) electrons. The third kappa shape index (κ3) is 7.25. The van der Waals surface area contributed by atoms with Gasteiger partial charge in [-0.2, -0.15) is 0 Å². The molecule has 0 aromatic rings. The van der Waals surface area contributed by atoms with Crippen molar-refractivity contribution in [3.8, 4) is 0 Å². The number of hydrogen-bond acceptors (Lipinski definition) is 3. The number of hydrogen-bond donors (Lipinski definition) is 1. The van der Waals surface area contributed by atoms with Gasteiger partial charge in [0.25, 0.3) is 0 Å². The smallest absolute Gasteiger partial charge is 0.146 e. The van der Waals surface area contributed by atoms with Crippen molar-refractivity contribution in [3.63, 3.8) is 0 Å². The zero-order chi connectivity index (χ0) is 12.1. The van der Waals surface area contributed by atoms with Crippen LogP contribution >= 0.6 is 0 Å². The Balaban J connectivity index is 4.18. The van der Waals surface area contributed by atoms with Gasteiger partial charge >= 0.3 is 0 Å². The summed E-state index contributed by atoms with van der Waals surface area (Å²) in [5, 5.41) is 3.23. The number of Topliss-reactive ketones (excluding diaryl/α,β-unsaturated/α-hetero) is 2. The van der Waals surface area contributed by atoms with Crippen LogP contribution in [0.15, 0.2) is 0 Å². The molecule has 3 heteroatoms. The van der Waals surface area contributed by atoms with Crippen molar-refractivity contribution in [2.45, 2.75) is 65.5 Å². The normalized spacial score (nSPS) is 13.7. The molecule has 88 valence electrons. The minimum absolute atomic E-state index is 0.0917. The molecule has 1 unspecified atom stereocenters. The van der Waals surface area contributed by atoms with E-state index in [4.69, 9.17) is 0 Å². The second-order valence-corrected chi connectivity index (χ2v) is 4.99. The van der Waals surface area contributed by atoms with Crippen LogP contribution in [-0.2, 0) is 9.59 Å². The zero-order valence-electron chi connectivity index (χ0n) is 10.5. The summed E-state index contributed by atoms with van der Waals surface area (Å²) in [5.74, 6) is 0.325. The summed E-state index contributed by atoms with van der Waals surface area (Å²) in [7, 11) is 0. The van der Waals surface area contributed by atoms with Gasteiger partial charge in [0.1, 0.15) is 11.6 Å². The molecule has 0 heterocycles. The Labute approximate surface area is 92.6 Å². The van der Waals surface area contributed by atoms with E-state index in [1.807, 2.05) is 27.7 Å². The molecule has 0 aliphatic rings. The van der Waals surface area contributed by atoms with Crippen LogP contribution < -0.4 is 5.32 Å². The summed E-state index contributed by atoms with van der Waals surface area (Å²) in [4.78, 5) is 22.5. The highest BCUT2D eigenvalue weighted by Crippen LogP contribution is 2.07. The van der Waals surface area contributed by atoms with E-state index >= 15 is 0 Å². The fourth-order valence-corrected chi connectivity index (χ4v) is 1.38. The lowest BCUT2D eigenvalue weighted by Gasteiger charge is -2.26. The van der Waals surface area contributed by atoms with E-state index in [1.54, 1.807) is 6.92 Å². The molecule has 3 nitrogen and oxygen atoms in total. The van der Waals surface area contributed by atoms with Crippen molar-refractivity contribution >= 4 is 11.6 Å². The van der Waals surface area contributed by atoms with Gasteiger partial charge in [0.05, 0.1) is 6.04 Å². The maximum absolute atomic E-state index is 11.3. The first-order valence-electron chi connectivity index (χ1n) is 5.56. The van der Waals surface area contributed by atoms with Crippen molar-refractivity contribution < 1.29 is 9.59 Å². The summed E-state index contributed by atoms with van der Waals surface area (Å²) in [5.41, 5.74) is -0.0917. The Morgan fingerprint density at radius 3 is 2.13 bits per heavy atom. The van der Waals surface area contributed by atoms with Gasteiger partial charge in [0.2, 0.25) is 0 Å². The zero-order valence-corrected chi connectivity index (χ0v) is 10.5. The van der Waals surface area contributed by atoms with E-state index in [2.05, 4.69) is 5.32 Å². The topological polar surface area (TPSA) is 46.2 Å². The highest BCUT2D eigenvalue weighted by atomic mass is 16.1. The molecule has 15 heavy (non-hydrogen) atoms. The van der Waals surface area contributed by atoms with Crippen LogP contribution in [-0.4, -0.2) is 23.1 Å². The summed E-state index contributed by atoms with van der Waals surface area (Å²) >= 11 is 0. The Morgan fingerprint density at radius 1 is 1.27 bits per heavy atom. The van der Waals surface area contributed by atoms with E-state index in [0.29, 0.717) is 19.3 Å². The lowest BCUT2D eigenvalue weighted by atomic mass is 10.00. The number of carbonyl (C=O) groups excluding carboxylic acids is 2. The predicted octanol–water partition coefficient (Wildman–Crippen LogP) is 2.09. The first-order valence-corrected chi connectivity index (χ1v) is 5.56. The molecule has 0 aliphatic heterocycles. The molecule has 0 bridgehead atoms. The van der Waals surface area contributed by atoms with Crippen LogP contribution in [0.2, 0.25) is 0 Å². The molecular weight excluding hydrogens is 190 g/mol. The van der Waals surface area contributed by atoms with Crippen molar-refractivity contribution in [1.29, 1.82) is 0 Å². The second-order valence-electron chi connectivity index (χ2n) is 4.99. The molecule has 0 amide bonds. The highest BCUT2D eigenvalue weighted by molar-refractivity contribution is 5.83. The molecule has 0 spiro atoms. The van der Waals surface area contributed by atoms with E-state index in [0.717, 1.165) is 0 Å². The van der Waals surface area contributed by atoms with E-state index in [9.17, 15) is 9.59 Å². The van der Waals surface area contributed by atoms with Crippen LogP contribution in [0.3, 0.4) is 0 Å². The van der Waals surface area contributed by atoms with E-state index < -0.39 is 0 Å². The predicted molar refractivity (Wildman–Crippen MR) is 61.9 cm³/mol. The largest absolute Gasteiger partial charge is 0.303 e. The van der Waals surface area contributed by atoms with Crippen LogP contribution in [0.5, 0.6) is 0 Å². The number of nitrogens with one attached hydrogen (secondary N) is 1. The van der Waals surface area contributed by atoms with Crippen LogP contribution in [0.25, 0.3) is 0 Å². The molecule has 0 saturated heterocycles.